The largest absolute Gasteiger partial charge is 0.329 e. The van der Waals surface area contributed by atoms with Crippen molar-refractivity contribution in [2.45, 2.75) is 17.9 Å². The zero-order valence-corrected chi connectivity index (χ0v) is 8.68. The van der Waals surface area contributed by atoms with E-state index in [0.717, 1.165) is 11.3 Å². The van der Waals surface area contributed by atoms with E-state index >= 15 is 0 Å². The monoisotopic (exact) mass is 196 g/mol. The Hall–Kier alpha value is -0.510. The maximum Gasteiger partial charge on any atom is 0.0419 e. The second-order valence-electron chi connectivity index (χ2n) is 2.84. The summed E-state index contributed by atoms with van der Waals surface area (Å²) in [5.41, 5.74) is 12.4. The molecule has 0 aliphatic heterocycles. The maximum absolute atomic E-state index is 5.79. The Morgan fingerprint density at radius 1 is 1.31 bits per heavy atom. The van der Waals surface area contributed by atoms with Gasteiger partial charge in [-0.05, 0) is 23.4 Å². The van der Waals surface area contributed by atoms with Crippen LogP contribution >= 0.6 is 11.8 Å². The SMILES string of the molecule is CCSc1ccc([C@H](N)CN)cc1. The van der Waals surface area contributed by atoms with E-state index in [0.29, 0.717) is 6.54 Å². The van der Waals surface area contributed by atoms with Gasteiger partial charge in [0.25, 0.3) is 0 Å². The summed E-state index contributed by atoms with van der Waals surface area (Å²) in [6.45, 7) is 2.64. The Morgan fingerprint density at radius 2 is 1.92 bits per heavy atom. The first kappa shape index (κ1) is 10.6. The van der Waals surface area contributed by atoms with Gasteiger partial charge in [-0.15, -0.1) is 11.8 Å². The molecule has 1 rings (SSSR count). The van der Waals surface area contributed by atoms with E-state index in [-0.39, 0.29) is 6.04 Å². The predicted octanol–water partition coefficient (Wildman–Crippen LogP) is 1.76. The van der Waals surface area contributed by atoms with Crippen LogP contribution in [0.2, 0.25) is 0 Å². The third kappa shape index (κ3) is 3.03. The highest BCUT2D eigenvalue weighted by atomic mass is 32.2. The standard InChI is InChI=1S/C10H16N2S/c1-2-13-9-5-3-8(4-6-9)10(12)7-11/h3-6,10H,2,7,11-12H2,1H3/t10-/m1/s1. The van der Waals surface area contributed by atoms with Gasteiger partial charge in [-0.2, -0.15) is 0 Å². The molecule has 1 atom stereocenters. The van der Waals surface area contributed by atoms with Crippen LogP contribution in [0.25, 0.3) is 0 Å². The fraction of sp³-hybridized carbons (Fsp3) is 0.400. The van der Waals surface area contributed by atoms with Crippen LogP contribution < -0.4 is 11.5 Å². The fourth-order valence-electron chi connectivity index (χ4n) is 1.11. The molecular weight excluding hydrogens is 180 g/mol. The van der Waals surface area contributed by atoms with Gasteiger partial charge < -0.3 is 11.5 Å². The molecular formula is C10H16N2S. The lowest BCUT2D eigenvalue weighted by Crippen LogP contribution is -2.20. The van der Waals surface area contributed by atoms with Crippen molar-refractivity contribution in [1.29, 1.82) is 0 Å². The van der Waals surface area contributed by atoms with Gasteiger partial charge in [-0.3, -0.25) is 0 Å². The Kier molecular flexibility index (Phi) is 4.28. The first-order chi connectivity index (χ1) is 6.27. The van der Waals surface area contributed by atoms with E-state index in [9.17, 15) is 0 Å². The molecule has 0 bridgehead atoms. The summed E-state index contributed by atoms with van der Waals surface area (Å²) in [7, 11) is 0. The molecule has 0 aromatic heterocycles. The number of benzene rings is 1. The van der Waals surface area contributed by atoms with Gasteiger partial charge in [0.1, 0.15) is 0 Å². The Balaban J connectivity index is 2.69. The number of hydrogen-bond donors (Lipinski definition) is 2. The molecule has 72 valence electrons. The van der Waals surface area contributed by atoms with Crippen molar-refractivity contribution >= 4 is 11.8 Å². The van der Waals surface area contributed by atoms with E-state index in [1.165, 1.54) is 4.90 Å². The maximum atomic E-state index is 5.79. The lowest BCUT2D eigenvalue weighted by Gasteiger charge is -2.09. The van der Waals surface area contributed by atoms with Crippen molar-refractivity contribution in [3.63, 3.8) is 0 Å². The molecule has 0 radical (unpaired) electrons. The summed E-state index contributed by atoms with van der Waals surface area (Å²) in [5.74, 6) is 1.10. The van der Waals surface area contributed by atoms with E-state index in [4.69, 9.17) is 11.5 Å². The molecule has 0 aliphatic rings. The van der Waals surface area contributed by atoms with Crippen molar-refractivity contribution < 1.29 is 0 Å². The average Bonchev–Trinajstić information content (AvgIpc) is 2.18. The highest BCUT2D eigenvalue weighted by Crippen LogP contribution is 2.19. The summed E-state index contributed by atoms with van der Waals surface area (Å²) < 4.78 is 0. The van der Waals surface area contributed by atoms with Gasteiger partial charge in [0.05, 0.1) is 0 Å². The van der Waals surface area contributed by atoms with Crippen LogP contribution in [-0.2, 0) is 0 Å². The Bertz CT molecular complexity index is 246. The topological polar surface area (TPSA) is 52.0 Å². The highest BCUT2D eigenvalue weighted by Gasteiger charge is 2.02. The quantitative estimate of drug-likeness (QED) is 0.721. The summed E-state index contributed by atoms with van der Waals surface area (Å²) in [4.78, 5) is 1.29. The third-order valence-corrected chi connectivity index (χ3v) is 2.77. The second kappa shape index (κ2) is 5.27. The van der Waals surface area contributed by atoms with E-state index in [1.54, 1.807) is 0 Å². The van der Waals surface area contributed by atoms with Crippen LogP contribution in [0.5, 0.6) is 0 Å². The van der Waals surface area contributed by atoms with Crippen LogP contribution in [0, 0.1) is 0 Å². The normalized spacial score (nSPS) is 12.8. The van der Waals surface area contributed by atoms with Gasteiger partial charge in [0, 0.05) is 17.5 Å². The van der Waals surface area contributed by atoms with Gasteiger partial charge in [-0.25, -0.2) is 0 Å². The summed E-state index contributed by atoms with van der Waals surface area (Å²) in [5, 5.41) is 0. The van der Waals surface area contributed by atoms with Crippen LogP contribution in [0.3, 0.4) is 0 Å². The second-order valence-corrected chi connectivity index (χ2v) is 4.18. The molecule has 0 amide bonds. The number of rotatable bonds is 4. The molecule has 0 unspecified atom stereocenters. The van der Waals surface area contributed by atoms with Gasteiger partial charge in [0.2, 0.25) is 0 Å². The smallest absolute Gasteiger partial charge is 0.0419 e. The Labute approximate surface area is 83.7 Å². The van der Waals surface area contributed by atoms with Crippen molar-refractivity contribution in [3.05, 3.63) is 29.8 Å². The molecule has 2 nitrogen and oxygen atoms in total. The fourth-order valence-corrected chi connectivity index (χ4v) is 1.78. The first-order valence-electron chi connectivity index (χ1n) is 4.46. The molecule has 0 saturated heterocycles. The number of nitrogens with two attached hydrogens (primary N) is 2. The third-order valence-electron chi connectivity index (χ3n) is 1.87. The molecule has 0 aliphatic carbocycles. The van der Waals surface area contributed by atoms with E-state index < -0.39 is 0 Å². The van der Waals surface area contributed by atoms with Gasteiger partial charge in [-0.1, -0.05) is 19.1 Å². The molecule has 1 aromatic carbocycles. The van der Waals surface area contributed by atoms with Gasteiger partial charge >= 0.3 is 0 Å². The molecule has 0 spiro atoms. The van der Waals surface area contributed by atoms with Gasteiger partial charge in [0.15, 0.2) is 0 Å². The molecule has 0 heterocycles. The minimum absolute atomic E-state index is 0.0272. The minimum atomic E-state index is -0.0272. The lowest BCUT2D eigenvalue weighted by molar-refractivity contribution is 0.736. The zero-order chi connectivity index (χ0) is 9.68. The van der Waals surface area contributed by atoms with E-state index in [1.807, 2.05) is 11.8 Å². The van der Waals surface area contributed by atoms with Crippen LogP contribution in [-0.4, -0.2) is 12.3 Å². The van der Waals surface area contributed by atoms with Crippen molar-refractivity contribution in [1.82, 2.24) is 0 Å². The van der Waals surface area contributed by atoms with Crippen molar-refractivity contribution in [2.24, 2.45) is 11.5 Å². The number of hydrogen-bond acceptors (Lipinski definition) is 3. The molecule has 4 N–H and O–H groups in total. The summed E-state index contributed by atoms with van der Waals surface area (Å²) in [6, 6.07) is 8.27. The Morgan fingerprint density at radius 3 is 2.38 bits per heavy atom. The predicted molar refractivity (Wildman–Crippen MR) is 58.8 cm³/mol. The minimum Gasteiger partial charge on any atom is -0.329 e. The summed E-state index contributed by atoms with van der Waals surface area (Å²) >= 11 is 1.83. The highest BCUT2D eigenvalue weighted by molar-refractivity contribution is 7.99. The molecule has 1 aromatic rings. The van der Waals surface area contributed by atoms with Crippen molar-refractivity contribution in [2.75, 3.05) is 12.3 Å². The number of thioether (sulfide) groups is 1. The van der Waals surface area contributed by atoms with Crippen LogP contribution in [0.4, 0.5) is 0 Å². The molecule has 0 saturated carbocycles. The first-order valence-corrected chi connectivity index (χ1v) is 5.45. The lowest BCUT2D eigenvalue weighted by atomic mass is 10.1. The summed E-state index contributed by atoms with van der Waals surface area (Å²) in [6.07, 6.45) is 0. The molecule has 3 heteroatoms. The van der Waals surface area contributed by atoms with Crippen molar-refractivity contribution in [3.8, 4) is 0 Å². The average molecular weight is 196 g/mol. The van der Waals surface area contributed by atoms with Crippen LogP contribution in [0.1, 0.15) is 18.5 Å². The van der Waals surface area contributed by atoms with E-state index in [2.05, 4.69) is 31.2 Å². The zero-order valence-electron chi connectivity index (χ0n) is 7.86. The molecule has 13 heavy (non-hydrogen) atoms. The molecule has 0 fully saturated rings. The van der Waals surface area contributed by atoms with Crippen LogP contribution in [0.15, 0.2) is 29.2 Å².